The van der Waals surface area contributed by atoms with E-state index in [1.54, 1.807) is 11.8 Å². The van der Waals surface area contributed by atoms with E-state index in [1.807, 2.05) is 24.3 Å². The second-order valence-electron chi connectivity index (χ2n) is 4.39. The topological polar surface area (TPSA) is 46.3 Å². The third-order valence-electron chi connectivity index (χ3n) is 3.02. The van der Waals surface area contributed by atoms with E-state index in [1.165, 1.54) is 6.42 Å². The lowest BCUT2D eigenvalue weighted by Crippen LogP contribution is -2.28. The van der Waals surface area contributed by atoms with Crippen LogP contribution < -0.4 is 10.6 Å². The number of nitrogen functional groups attached to an aromatic ring is 1. The lowest BCUT2D eigenvalue weighted by Gasteiger charge is -2.26. The molecule has 1 amide bonds. The minimum absolute atomic E-state index is 0.0583. The molecule has 3 nitrogen and oxygen atoms in total. The molecule has 17 heavy (non-hydrogen) atoms. The Balaban J connectivity index is 2.31. The van der Waals surface area contributed by atoms with Gasteiger partial charge in [-0.15, -0.1) is 0 Å². The van der Waals surface area contributed by atoms with Crippen LogP contribution in [-0.2, 0) is 4.79 Å². The number of nitrogens with zero attached hydrogens (tertiary/aromatic N) is 1. The van der Waals surface area contributed by atoms with Crippen LogP contribution in [0.5, 0.6) is 0 Å². The summed E-state index contributed by atoms with van der Waals surface area (Å²) in [6, 6.07) is 7.45. The van der Waals surface area contributed by atoms with Crippen molar-refractivity contribution in [3.8, 4) is 0 Å². The first-order chi connectivity index (χ1) is 8.18. The van der Waals surface area contributed by atoms with Gasteiger partial charge in [0.05, 0.1) is 0 Å². The zero-order valence-electron chi connectivity index (χ0n) is 10.1. The number of allylic oxidation sites excluding steroid dienone is 2. The Morgan fingerprint density at radius 2 is 1.94 bits per heavy atom. The molecule has 0 radical (unpaired) electrons. The molecule has 1 aromatic carbocycles. The van der Waals surface area contributed by atoms with Gasteiger partial charge in [0, 0.05) is 24.0 Å². The molecule has 3 heteroatoms. The molecule has 1 aliphatic rings. The van der Waals surface area contributed by atoms with E-state index in [0.29, 0.717) is 0 Å². The van der Waals surface area contributed by atoms with Gasteiger partial charge in [-0.05, 0) is 49.9 Å². The van der Waals surface area contributed by atoms with E-state index >= 15 is 0 Å². The smallest absolute Gasteiger partial charge is 0.228 e. The highest BCUT2D eigenvalue weighted by Gasteiger charge is 2.17. The summed E-state index contributed by atoms with van der Waals surface area (Å²) >= 11 is 0. The first kappa shape index (κ1) is 11.7. The van der Waals surface area contributed by atoms with Crippen molar-refractivity contribution in [2.45, 2.75) is 32.6 Å². The SMILES string of the molecule is CC(=O)N(C1=CCCCC1)c1ccc(N)cc1. The van der Waals surface area contributed by atoms with E-state index in [4.69, 9.17) is 5.73 Å². The molecule has 1 aliphatic carbocycles. The zero-order chi connectivity index (χ0) is 12.3. The fourth-order valence-corrected chi connectivity index (χ4v) is 2.20. The Labute approximate surface area is 102 Å². The molecule has 0 bridgehead atoms. The van der Waals surface area contributed by atoms with Gasteiger partial charge in [0.1, 0.15) is 0 Å². The molecule has 0 heterocycles. The standard InChI is InChI=1S/C14H18N2O/c1-11(17)16(13-5-3-2-4-6-13)14-9-7-12(15)8-10-14/h5,7-10H,2-4,6,15H2,1H3. The van der Waals surface area contributed by atoms with Gasteiger partial charge in [-0.3, -0.25) is 9.69 Å². The van der Waals surface area contributed by atoms with Crippen molar-refractivity contribution >= 4 is 17.3 Å². The Bertz CT molecular complexity index is 434. The molecule has 90 valence electrons. The van der Waals surface area contributed by atoms with Gasteiger partial charge < -0.3 is 5.73 Å². The molecule has 0 aliphatic heterocycles. The van der Waals surface area contributed by atoms with Crippen LogP contribution in [0.1, 0.15) is 32.6 Å². The number of carbonyl (C=O) groups is 1. The Morgan fingerprint density at radius 3 is 2.47 bits per heavy atom. The van der Waals surface area contributed by atoms with E-state index in [0.717, 1.165) is 36.3 Å². The van der Waals surface area contributed by atoms with Crippen molar-refractivity contribution in [3.63, 3.8) is 0 Å². The quantitative estimate of drug-likeness (QED) is 0.793. The number of anilines is 2. The predicted octanol–water partition coefficient (Wildman–Crippen LogP) is 3.08. The third-order valence-corrected chi connectivity index (χ3v) is 3.02. The number of hydrogen-bond acceptors (Lipinski definition) is 2. The fraction of sp³-hybridized carbons (Fsp3) is 0.357. The highest BCUT2D eigenvalue weighted by Crippen LogP contribution is 2.27. The molecule has 0 fully saturated rings. The van der Waals surface area contributed by atoms with Crippen LogP contribution in [0.2, 0.25) is 0 Å². The van der Waals surface area contributed by atoms with Crippen molar-refractivity contribution < 1.29 is 4.79 Å². The molecule has 1 aromatic rings. The van der Waals surface area contributed by atoms with Crippen LogP contribution in [0, 0.1) is 0 Å². The van der Waals surface area contributed by atoms with Crippen LogP contribution in [0.4, 0.5) is 11.4 Å². The summed E-state index contributed by atoms with van der Waals surface area (Å²) in [6.07, 6.45) is 6.58. The largest absolute Gasteiger partial charge is 0.399 e. The van der Waals surface area contributed by atoms with Gasteiger partial charge >= 0.3 is 0 Å². The summed E-state index contributed by atoms with van der Waals surface area (Å²) in [6.45, 7) is 1.60. The fourth-order valence-electron chi connectivity index (χ4n) is 2.20. The van der Waals surface area contributed by atoms with Crippen molar-refractivity contribution in [3.05, 3.63) is 36.0 Å². The summed E-state index contributed by atoms with van der Waals surface area (Å²) in [7, 11) is 0. The highest BCUT2D eigenvalue weighted by molar-refractivity contribution is 5.94. The van der Waals surface area contributed by atoms with E-state index in [-0.39, 0.29) is 5.91 Å². The van der Waals surface area contributed by atoms with Gasteiger partial charge in [0.15, 0.2) is 0 Å². The molecule has 2 N–H and O–H groups in total. The number of carbonyl (C=O) groups excluding carboxylic acids is 1. The molecule has 0 atom stereocenters. The first-order valence-electron chi connectivity index (χ1n) is 6.04. The van der Waals surface area contributed by atoms with Gasteiger partial charge in [-0.2, -0.15) is 0 Å². The van der Waals surface area contributed by atoms with E-state index < -0.39 is 0 Å². The van der Waals surface area contributed by atoms with Crippen LogP contribution in [-0.4, -0.2) is 5.91 Å². The van der Waals surface area contributed by atoms with Crippen molar-refractivity contribution in [2.24, 2.45) is 0 Å². The average molecular weight is 230 g/mol. The summed E-state index contributed by atoms with van der Waals surface area (Å²) in [5.74, 6) is 0.0583. The molecule has 0 aromatic heterocycles. The summed E-state index contributed by atoms with van der Waals surface area (Å²) < 4.78 is 0. The number of nitrogens with two attached hydrogens (primary N) is 1. The summed E-state index contributed by atoms with van der Waals surface area (Å²) in [5, 5.41) is 0. The maximum absolute atomic E-state index is 11.8. The van der Waals surface area contributed by atoms with Crippen molar-refractivity contribution in [1.82, 2.24) is 0 Å². The van der Waals surface area contributed by atoms with Gasteiger partial charge in [0.2, 0.25) is 5.91 Å². The molecule has 0 unspecified atom stereocenters. The van der Waals surface area contributed by atoms with Gasteiger partial charge in [0.25, 0.3) is 0 Å². The summed E-state index contributed by atoms with van der Waals surface area (Å²) in [4.78, 5) is 13.6. The average Bonchev–Trinajstić information content (AvgIpc) is 2.33. The number of rotatable bonds is 2. The lowest BCUT2D eigenvalue weighted by atomic mass is 10.0. The highest BCUT2D eigenvalue weighted by atomic mass is 16.2. The maximum atomic E-state index is 11.8. The minimum Gasteiger partial charge on any atom is -0.399 e. The van der Waals surface area contributed by atoms with Crippen LogP contribution >= 0.6 is 0 Å². The van der Waals surface area contributed by atoms with Crippen molar-refractivity contribution in [1.29, 1.82) is 0 Å². The van der Waals surface area contributed by atoms with Crippen LogP contribution in [0.15, 0.2) is 36.0 Å². The van der Waals surface area contributed by atoms with Crippen molar-refractivity contribution in [2.75, 3.05) is 10.6 Å². The normalized spacial score (nSPS) is 15.2. The zero-order valence-corrected chi connectivity index (χ0v) is 10.1. The molecule has 0 spiro atoms. The summed E-state index contributed by atoms with van der Waals surface area (Å²) in [5.41, 5.74) is 8.40. The number of amides is 1. The molecule has 0 saturated heterocycles. The second-order valence-corrected chi connectivity index (χ2v) is 4.39. The Hall–Kier alpha value is -1.77. The number of hydrogen-bond donors (Lipinski definition) is 1. The Morgan fingerprint density at radius 1 is 1.24 bits per heavy atom. The maximum Gasteiger partial charge on any atom is 0.228 e. The minimum atomic E-state index is 0.0583. The molecular weight excluding hydrogens is 212 g/mol. The van der Waals surface area contributed by atoms with Crippen LogP contribution in [0.25, 0.3) is 0 Å². The molecular formula is C14H18N2O. The van der Waals surface area contributed by atoms with Crippen LogP contribution in [0.3, 0.4) is 0 Å². The van der Waals surface area contributed by atoms with Gasteiger partial charge in [-0.1, -0.05) is 6.08 Å². The third kappa shape index (κ3) is 2.67. The van der Waals surface area contributed by atoms with Gasteiger partial charge in [-0.25, -0.2) is 0 Å². The van der Waals surface area contributed by atoms with E-state index in [9.17, 15) is 4.79 Å². The van der Waals surface area contributed by atoms with E-state index in [2.05, 4.69) is 6.08 Å². The predicted molar refractivity (Wildman–Crippen MR) is 70.6 cm³/mol. The number of benzene rings is 1. The molecule has 2 rings (SSSR count). The lowest BCUT2D eigenvalue weighted by molar-refractivity contribution is -0.116. The molecule has 0 saturated carbocycles. The first-order valence-corrected chi connectivity index (χ1v) is 6.04. The monoisotopic (exact) mass is 230 g/mol. The second kappa shape index (κ2) is 5.04. The Kier molecular flexibility index (Phi) is 3.47.